The van der Waals surface area contributed by atoms with Crippen molar-refractivity contribution in [1.82, 2.24) is 14.6 Å². The molecule has 1 aromatic rings. The first-order chi connectivity index (χ1) is 10.2. The van der Waals surface area contributed by atoms with Crippen LogP contribution >= 0.6 is 11.5 Å². The van der Waals surface area contributed by atoms with E-state index in [1.807, 2.05) is 0 Å². The monoisotopic (exact) mass is 307 g/mol. The molecule has 2 saturated heterocycles. The second-order valence-electron chi connectivity index (χ2n) is 6.27. The highest BCUT2D eigenvalue weighted by molar-refractivity contribution is 7.11. The number of hydrogen-bond acceptors (Lipinski definition) is 6. The molecule has 2 aliphatic heterocycles. The van der Waals surface area contributed by atoms with E-state index >= 15 is 0 Å². The summed E-state index contributed by atoms with van der Waals surface area (Å²) < 4.78 is 4.23. The largest absolute Gasteiger partial charge is 0.382 e. The van der Waals surface area contributed by atoms with Crippen LogP contribution in [0.25, 0.3) is 0 Å². The number of nitrogen functional groups attached to an aromatic ring is 1. The maximum atomic E-state index is 12.4. The molecule has 1 amide bonds. The lowest BCUT2D eigenvalue weighted by atomic mass is 10.1. The van der Waals surface area contributed by atoms with Gasteiger partial charge in [0.1, 0.15) is 10.6 Å². The number of nitrogens with one attached hydrogen (secondary N) is 1. The predicted octanol–water partition coefficient (Wildman–Crippen LogP) is 0.902. The number of carbonyl (C=O) groups excluding carboxylic acids is 1. The number of nitrogens with two attached hydrogens (primary N) is 1. The van der Waals surface area contributed by atoms with Crippen LogP contribution in [0.5, 0.6) is 0 Å². The van der Waals surface area contributed by atoms with Gasteiger partial charge in [-0.25, -0.2) is 0 Å². The van der Waals surface area contributed by atoms with Gasteiger partial charge in [0.25, 0.3) is 5.91 Å². The minimum absolute atomic E-state index is 0.0485. The molecule has 0 radical (unpaired) electrons. The molecule has 1 aromatic heterocycles. The average Bonchev–Trinajstić information content (AvgIpc) is 3.01. The number of aromatic nitrogens is 1. The van der Waals surface area contributed by atoms with Crippen molar-refractivity contribution >= 4 is 28.3 Å². The number of hydrogen-bond donors (Lipinski definition) is 2. The van der Waals surface area contributed by atoms with E-state index in [-0.39, 0.29) is 5.91 Å². The van der Waals surface area contributed by atoms with Crippen LogP contribution in [0.4, 0.5) is 10.8 Å². The second kappa shape index (κ2) is 5.14. The quantitative estimate of drug-likeness (QED) is 0.868. The van der Waals surface area contributed by atoms with Crippen LogP contribution in [0.1, 0.15) is 36.0 Å². The third-order valence-corrected chi connectivity index (χ3v) is 5.64. The van der Waals surface area contributed by atoms with Crippen molar-refractivity contribution < 1.29 is 4.79 Å². The molecule has 7 heteroatoms. The summed E-state index contributed by atoms with van der Waals surface area (Å²) >= 11 is 1.36. The lowest BCUT2D eigenvalue weighted by Gasteiger charge is -2.38. The van der Waals surface area contributed by atoms with Crippen LogP contribution in [-0.4, -0.2) is 53.4 Å². The molecule has 3 heterocycles. The van der Waals surface area contributed by atoms with Crippen molar-refractivity contribution in [3.63, 3.8) is 0 Å². The molecule has 1 saturated carbocycles. The normalized spacial score (nSPS) is 25.9. The Hall–Kier alpha value is -1.34. The van der Waals surface area contributed by atoms with Gasteiger partial charge < -0.3 is 16.0 Å². The summed E-state index contributed by atoms with van der Waals surface area (Å²) in [6, 6.07) is 0.970. The predicted molar refractivity (Wildman–Crippen MR) is 83.8 cm³/mol. The fourth-order valence-corrected chi connectivity index (χ4v) is 4.23. The SMILES string of the molecule is Nc1nsc(N2CCN3CCCC3C2)c1C(=O)NC1CC1. The number of amides is 1. The van der Waals surface area contributed by atoms with Crippen LogP contribution in [-0.2, 0) is 0 Å². The van der Waals surface area contributed by atoms with Crippen molar-refractivity contribution in [2.24, 2.45) is 0 Å². The van der Waals surface area contributed by atoms with Gasteiger partial charge in [-0.3, -0.25) is 9.69 Å². The maximum Gasteiger partial charge on any atom is 0.258 e. The van der Waals surface area contributed by atoms with Crippen molar-refractivity contribution in [2.75, 3.05) is 36.8 Å². The van der Waals surface area contributed by atoms with Crippen molar-refractivity contribution in [3.05, 3.63) is 5.56 Å². The van der Waals surface area contributed by atoms with E-state index < -0.39 is 0 Å². The number of nitrogens with zero attached hydrogens (tertiary/aromatic N) is 3. The van der Waals surface area contributed by atoms with E-state index in [9.17, 15) is 4.79 Å². The molecule has 1 atom stereocenters. The van der Waals surface area contributed by atoms with Crippen LogP contribution < -0.4 is 16.0 Å². The summed E-state index contributed by atoms with van der Waals surface area (Å²) in [5.74, 6) is 0.328. The summed E-state index contributed by atoms with van der Waals surface area (Å²) in [5.41, 5.74) is 6.55. The molecule has 3 fully saturated rings. The first-order valence-electron chi connectivity index (χ1n) is 7.77. The van der Waals surface area contributed by atoms with Gasteiger partial charge in [-0.15, -0.1) is 0 Å². The molecule has 4 rings (SSSR count). The summed E-state index contributed by atoms with van der Waals surface area (Å²) in [6.45, 7) is 4.25. The van der Waals surface area contributed by atoms with Crippen LogP contribution in [0.15, 0.2) is 0 Å². The number of rotatable bonds is 3. The lowest BCUT2D eigenvalue weighted by Crippen LogP contribution is -2.50. The van der Waals surface area contributed by atoms with E-state index in [4.69, 9.17) is 5.73 Å². The third-order valence-electron chi connectivity index (χ3n) is 4.71. The van der Waals surface area contributed by atoms with E-state index in [1.54, 1.807) is 0 Å². The number of anilines is 2. The molecule has 3 N–H and O–H groups in total. The van der Waals surface area contributed by atoms with Crippen molar-refractivity contribution in [2.45, 2.75) is 37.8 Å². The van der Waals surface area contributed by atoms with Gasteiger partial charge in [-0.2, -0.15) is 4.37 Å². The summed E-state index contributed by atoms with van der Waals surface area (Å²) in [4.78, 5) is 17.3. The minimum Gasteiger partial charge on any atom is -0.382 e. The first kappa shape index (κ1) is 13.3. The molecule has 0 bridgehead atoms. The van der Waals surface area contributed by atoms with E-state index in [1.165, 1.54) is 30.9 Å². The third kappa shape index (κ3) is 2.48. The summed E-state index contributed by atoms with van der Waals surface area (Å²) in [5, 5.41) is 3.99. The molecular formula is C14H21N5OS. The van der Waals surface area contributed by atoms with Crippen LogP contribution in [0.2, 0.25) is 0 Å². The Labute approximate surface area is 128 Å². The summed E-state index contributed by atoms with van der Waals surface area (Å²) in [7, 11) is 0. The number of fused-ring (bicyclic) bond motifs is 1. The van der Waals surface area contributed by atoms with Gasteiger partial charge in [0.05, 0.1) is 0 Å². The lowest BCUT2D eigenvalue weighted by molar-refractivity contribution is 0.0952. The molecule has 114 valence electrons. The minimum atomic E-state index is -0.0485. The zero-order chi connectivity index (χ0) is 14.4. The first-order valence-corrected chi connectivity index (χ1v) is 8.54. The molecule has 1 aliphatic carbocycles. The van der Waals surface area contributed by atoms with Gasteiger partial charge >= 0.3 is 0 Å². The highest BCUT2D eigenvalue weighted by Crippen LogP contribution is 2.34. The average molecular weight is 307 g/mol. The highest BCUT2D eigenvalue weighted by Gasteiger charge is 2.34. The molecule has 3 aliphatic rings. The Bertz CT molecular complexity index is 556. The number of piperazine rings is 1. The van der Waals surface area contributed by atoms with Gasteiger partial charge in [0.2, 0.25) is 0 Å². The van der Waals surface area contributed by atoms with E-state index in [0.717, 1.165) is 37.5 Å². The molecule has 0 spiro atoms. The Kier molecular flexibility index (Phi) is 3.26. The second-order valence-corrected chi connectivity index (χ2v) is 7.03. The number of carbonyl (C=O) groups is 1. The zero-order valence-electron chi connectivity index (χ0n) is 12.0. The molecular weight excluding hydrogens is 286 g/mol. The van der Waals surface area contributed by atoms with Crippen molar-refractivity contribution in [1.29, 1.82) is 0 Å². The molecule has 6 nitrogen and oxygen atoms in total. The molecule has 21 heavy (non-hydrogen) atoms. The Morgan fingerprint density at radius 3 is 2.95 bits per heavy atom. The Morgan fingerprint density at radius 2 is 2.14 bits per heavy atom. The fourth-order valence-electron chi connectivity index (χ4n) is 3.38. The fraction of sp³-hybridized carbons (Fsp3) is 0.714. The molecule has 0 aromatic carbocycles. The summed E-state index contributed by atoms with van der Waals surface area (Å²) in [6.07, 6.45) is 4.71. The molecule has 1 unspecified atom stereocenters. The van der Waals surface area contributed by atoms with Gasteiger partial charge in [0, 0.05) is 31.7 Å². The van der Waals surface area contributed by atoms with Crippen molar-refractivity contribution in [3.8, 4) is 0 Å². The van der Waals surface area contributed by atoms with Gasteiger partial charge in [-0.1, -0.05) is 0 Å². The maximum absolute atomic E-state index is 12.4. The standard InChI is InChI=1S/C14H21N5OS/c15-12-11(13(20)16-9-3-4-9)14(21-17-12)19-7-6-18-5-1-2-10(18)8-19/h9-10H,1-8H2,(H2,15,17)(H,16,20). The topological polar surface area (TPSA) is 74.5 Å². The van der Waals surface area contributed by atoms with E-state index in [0.29, 0.717) is 23.5 Å². The van der Waals surface area contributed by atoms with E-state index in [2.05, 4.69) is 19.5 Å². The Morgan fingerprint density at radius 1 is 1.29 bits per heavy atom. The smallest absolute Gasteiger partial charge is 0.258 e. The van der Waals surface area contributed by atoms with Gasteiger partial charge in [0.15, 0.2) is 5.82 Å². The highest BCUT2D eigenvalue weighted by atomic mass is 32.1. The zero-order valence-corrected chi connectivity index (χ0v) is 12.9. The van der Waals surface area contributed by atoms with Crippen LogP contribution in [0.3, 0.4) is 0 Å². The van der Waals surface area contributed by atoms with Crippen LogP contribution in [0, 0.1) is 0 Å². The van der Waals surface area contributed by atoms with Gasteiger partial charge in [-0.05, 0) is 43.8 Å². The Balaban J connectivity index is 1.55.